The van der Waals surface area contributed by atoms with Gasteiger partial charge in [-0.1, -0.05) is 18.1 Å². The molecule has 2 aliphatic rings. The molecule has 7 heteroatoms. The van der Waals surface area contributed by atoms with Gasteiger partial charge in [0.05, 0.1) is 9.82 Å². The first-order valence-electron chi connectivity index (χ1n) is 8.93. The van der Waals surface area contributed by atoms with Gasteiger partial charge in [0.2, 0.25) is 10.0 Å². The van der Waals surface area contributed by atoms with E-state index in [1.54, 1.807) is 4.31 Å². The highest BCUT2D eigenvalue weighted by molar-refractivity contribution is 7.89. The Hall–Kier alpha value is -1.73. The van der Waals surface area contributed by atoms with Crippen molar-refractivity contribution in [2.75, 3.05) is 6.54 Å². The molecule has 1 aromatic rings. The lowest BCUT2D eigenvalue weighted by molar-refractivity contribution is -0.384. The lowest BCUT2D eigenvalue weighted by Crippen LogP contribution is -2.43. The maximum atomic E-state index is 13.1. The molecule has 25 heavy (non-hydrogen) atoms. The predicted molar refractivity (Wildman–Crippen MR) is 95.8 cm³/mol. The Morgan fingerprint density at radius 3 is 2.52 bits per heavy atom. The number of rotatable bonds is 5. The Morgan fingerprint density at radius 1 is 1.12 bits per heavy atom. The zero-order valence-electron chi connectivity index (χ0n) is 14.3. The summed E-state index contributed by atoms with van der Waals surface area (Å²) in [7, 11) is -3.62. The van der Waals surface area contributed by atoms with Crippen LogP contribution in [0.4, 0.5) is 5.69 Å². The van der Waals surface area contributed by atoms with Crippen LogP contribution in [0.15, 0.2) is 40.8 Å². The molecule has 1 heterocycles. The van der Waals surface area contributed by atoms with Crippen molar-refractivity contribution in [2.45, 2.75) is 62.3 Å². The number of benzene rings is 1. The third kappa shape index (κ3) is 4.10. The maximum Gasteiger partial charge on any atom is 0.269 e. The second-order valence-corrected chi connectivity index (χ2v) is 8.72. The quantitative estimate of drug-likeness (QED) is 0.449. The smallest absolute Gasteiger partial charge is 0.258 e. The number of sulfonamides is 1. The van der Waals surface area contributed by atoms with Gasteiger partial charge in [0.1, 0.15) is 0 Å². The van der Waals surface area contributed by atoms with E-state index in [-0.39, 0.29) is 16.6 Å². The monoisotopic (exact) mass is 364 g/mol. The van der Waals surface area contributed by atoms with Crippen molar-refractivity contribution >= 4 is 15.7 Å². The molecule has 1 fully saturated rings. The number of piperidine rings is 1. The molecular formula is C18H24N2O4S. The topological polar surface area (TPSA) is 80.5 Å². The fourth-order valence-electron chi connectivity index (χ4n) is 3.76. The Balaban J connectivity index is 1.82. The minimum Gasteiger partial charge on any atom is -0.258 e. The van der Waals surface area contributed by atoms with Gasteiger partial charge in [-0.3, -0.25) is 10.1 Å². The maximum absolute atomic E-state index is 13.1. The first kappa shape index (κ1) is 18.1. The third-order valence-electron chi connectivity index (χ3n) is 5.11. The number of nitro benzene ring substituents is 1. The molecule has 0 saturated carbocycles. The molecule has 1 aliphatic heterocycles. The van der Waals surface area contributed by atoms with Gasteiger partial charge in [-0.2, -0.15) is 4.31 Å². The van der Waals surface area contributed by atoms with E-state index in [0.29, 0.717) is 6.54 Å². The number of nitro groups is 1. The van der Waals surface area contributed by atoms with Gasteiger partial charge in [0.15, 0.2) is 0 Å². The normalized spacial score (nSPS) is 22.4. The van der Waals surface area contributed by atoms with Gasteiger partial charge >= 0.3 is 0 Å². The van der Waals surface area contributed by atoms with E-state index in [1.807, 2.05) is 0 Å². The van der Waals surface area contributed by atoms with Crippen LogP contribution in [0.25, 0.3) is 0 Å². The molecule has 6 nitrogen and oxygen atoms in total. The predicted octanol–water partition coefficient (Wildman–Crippen LogP) is 4.03. The van der Waals surface area contributed by atoms with E-state index < -0.39 is 14.9 Å². The Kier molecular flexibility index (Phi) is 5.54. The van der Waals surface area contributed by atoms with Crippen molar-refractivity contribution in [3.8, 4) is 0 Å². The van der Waals surface area contributed by atoms with Gasteiger partial charge in [-0.15, -0.1) is 0 Å². The highest BCUT2D eigenvalue weighted by Gasteiger charge is 2.34. The van der Waals surface area contributed by atoms with E-state index in [0.717, 1.165) is 38.5 Å². The summed E-state index contributed by atoms with van der Waals surface area (Å²) in [6, 6.07) is 5.21. The Bertz CT molecular complexity index is 756. The molecule has 0 bridgehead atoms. The summed E-state index contributed by atoms with van der Waals surface area (Å²) in [6.07, 6.45) is 10.4. The fourth-order valence-corrected chi connectivity index (χ4v) is 5.46. The Labute approximate surface area is 148 Å². The molecule has 1 atom stereocenters. The lowest BCUT2D eigenvalue weighted by atomic mass is 9.91. The van der Waals surface area contributed by atoms with Crippen LogP contribution in [0, 0.1) is 10.1 Å². The van der Waals surface area contributed by atoms with Gasteiger partial charge < -0.3 is 0 Å². The summed E-state index contributed by atoms with van der Waals surface area (Å²) in [6.45, 7) is 0.525. The Morgan fingerprint density at radius 2 is 1.88 bits per heavy atom. The summed E-state index contributed by atoms with van der Waals surface area (Å²) in [4.78, 5) is 10.4. The molecule has 3 rings (SSSR count). The summed E-state index contributed by atoms with van der Waals surface area (Å²) < 4.78 is 27.7. The first-order valence-corrected chi connectivity index (χ1v) is 10.4. The largest absolute Gasteiger partial charge is 0.269 e. The SMILES string of the molecule is O=[N+]([O-])c1ccc(S(=O)(=O)N2CCCC[C@H]2CC2=CCCCC2)cc1. The highest BCUT2D eigenvalue weighted by Crippen LogP contribution is 2.32. The lowest BCUT2D eigenvalue weighted by Gasteiger charge is -2.35. The van der Waals surface area contributed by atoms with Gasteiger partial charge in [0, 0.05) is 24.7 Å². The summed E-state index contributed by atoms with van der Waals surface area (Å²) >= 11 is 0. The minimum absolute atomic E-state index is 0.00158. The van der Waals surface area contributed by atoms with Crippen molar-refractivity contribution in [3.05, 3.63) is 46.0 Å². The number of non-ortho nitro benzene ring substituents is 1. The van der Waals surface area contributed by atoms with E-state index in [2.05, 4.69) is 6.08 Å². The molecule has 0 spiro atoms. The number of hydrogen-bond donors (Lipinski definition) is 0. The van der Waals surface area contributed by atoms with Gasteiger partial charge in [0.25, 0.3) is 5.69 Å². The molecular weight excluding hydrogens is 340 g/mol. The zero-order chi connectivity index (χ0) is 17.9. The summed E-state index contributed by atoms with van der Waals surface area (Å²) in [5.74, 6) is 0. The highest BCUT2D eigenvalue weighted by atomic mass is 32.2. The van der Waals surface area contributed by atoms with Crippen LogP contribution in [0.1, 0.15) is 51.4 Å². The van der Waals surface area contributed by atoms with Crippen LogP contribution in [0.3, 0.4) is 0 Å². The fraction of sp³-hybridized carbons (Fsp3) is 0.556. The standard InChI is InChI=1S/C18H24N2O4S/c21-20(22)16-9-11-18(12-10-16)25(23,24)19-13-5-4-8-17(19)14-15-6-2-1-3-7-15/h6,9-12,17H,1-5,7-8,13-14H2/t17-/m0/s1. The second-order valence-electron chi connectivity index (χ2n) is 6.83. The molecule has 0 radical (unpaired) electrons. The van der Waals surface area contributed by atoms with Crippen LogP contribution < -0.4 is 0 Å². The first-order chi connectivity index (χ1) is 12.0. The zero-order valence-corrected chi connectivity index (χ0v) is 15.1. The number of nitrogens with zero attached hydrogens (tertiary/aromatic N) is 2. The molecule has 0 amide bonds. The molecule has 136 valence electrons. The molecule has 1 aliphatic carbocycles. The van der Waals surface area contributed by atoms with Crippen LogP contribution in [-0.2, 0) is 10.0 Å². The van der Waals surface area contributed by atoms with Crippen molar-refractivity contribution in [2.24, 2.45) is 0 Å². The average molecular weight is 364 g/mol. The minimum atomic E-state index is -3.62. The van der Waals surface area contributed by atoms with E-state index in [1.165, 1.54) is 42.7 Å². The molecule has 1 aromatic carbocycles. The molecule has 1 saturated heterocycles. The van der Waals surface area contributed by atoms with Crippen LogP contribution in [-0.4, -0.2) is 30.2 Å². The van der Waals surface area contributed by atoms with Crippen LogP contribution in [0.2, 0.25) is 0 Å². The second kappa shape index (κ2) is 7.66. The third-order valence-corrected chi connectivity index (χ3v) is 7.08. The van der Waals surface area contributed by atoms with Crippen molar-refractivity contribution in [1.82, 2.24) is 4.31 Å². The summed E-state index contributed by atoms with van der Waals surface area (Å²) in [5.41, 5.74) is 1.28. The number of hydrogen-bond acceptors (Lipinski definition) is 4. The van der Waals surface area contributed by atoms with Crippen molar-refractivity contribution < 1.29 is 13.3 Å². The molecule has 0 aromatic heterocycles. The molecule has 0 unspecified atom stereocenters. The molecule has 0 N–H and O–H groups in total. The summed E-state index contributed by atoms with van der Waals surface area (Å²) in [5, 5.41) is 10.8. The van der Waals surface area contributed by atoms with E-state index in [4.69, 9.17) is 0 Å². The van der Waals surface area contributed by atoms with Gasteiger partial charge in [-0.05, 0) is 57.1 Å². The van der Waals surface area contributed by atoms with Crippen LogP contribution in [0.5, 0.6) is 0 Å². The van der Waals surface area contributed by atoms with E-state index >= 15 is 0 Å². The van der Waals surface area contributed by atoms with Crippen molar-refractivity contribution in [3.63, 3.8) is 0 Å². The van der Waals surface area contributed by atoms with Gasteiger partial charge in [-0.25, -0.2) is 8.42 Å². The number of allylic oxidation sites excluding steroid dienone is 1. The van der Waals surface area contributed by atoms with Crippen LogP contribution >= 0.6 is 0 Å². The van der Waals surface area contributed by atoms with Crippen molar-refractivity contribution in [1.29, 1.82) is 0 Å². The average Bonchev–Trinajstić information content (AvgIpc) is 2.63. The van der Waals surface area contributed by atoms with E-state index in [9.17, 15) is 18.5 Å².